The van der Waals surface area contributed by atoms with Gasteiger partial charge in [-0.1, -0.05) is 31.4 Å². The average Bonchev–Trinajstić information content (AvgIpc) is 2.64. The van der Waals surface area contributed by atoms with Crippen LogP contribution < -0.4 is 10.2 Å². The van der Waals surface area contributed by atoms with Gasteiger partial charge in [-0.05, 0) is 50.8 Å². The van der Waals surface area contributed by atoms with E-state index in [1.165, 1.54) is 11.3 Å². The van der Waals surface area contributed by atoms with Crippen LogP contribution >= 0.6 is 0 Å². The van der Waals surface area contributed by atoms with E-state index in [2.05, 4.69) is 5.32 Å². The molecule has 1 aliphatic carbocycles. The first-order chi connectivity index (χ1) is 13.5. The van der Waals surface area contributed by atoms with Crippen LogP contribution in [0.2, 0.25) is 0 Å². The number of rotatable bonds is 4. The van der Waals surface area contributed by atoms with E-state index in [0.717, 1.165) is 47.4 Å². The monoisotopic (exact) mass is 421 g/mol. The van der Waals surface area contributed by atoms with Gasteiger partial charge in [-0.3, -0.25) is 14.5 Å². The summed E-state index contributed by atoms with van der Waals surface area (Å²) in [6.45, 7) is 5.21. The molecule has 2 amide bonds. The summed E-state index contributed by atoms with van der Waals surface area (Å²) in [4.78, 5) is 28.1. The van der Waals surface area contributed by atoms with Crippen LogP contribution in [-0.4, -0.2) is 55.5 Å². The fourth-order valence-electron chi connectivity index (χ4n) is 4.34. The van der Waals surface area contributed by atoms with Crippen molar-refractivity contribution in [1.29, 1.82) is 0 Å². The predicted octanol–water partition coefficient (Wildman–Crippen LogP) is 2.12. The molecule has 7 nitrogen and oxygen atoms in total. The zero-order valence-electron chi connectivity index (χ0n) is 17.7. The molecule has 1 aromatic rings. The normalized spacial score (nSPS) is 24.6. The van der Waals surface area contributed by atoms with Crippen molar-refractivity contribution < 1.29 is 18.0 Å². The minimum atomic E-state index is -3.61. The predicted molar refractivity (Wildman–Crippen MR) is 113 cm³/mol. The molecule has 0 bridgehead atoms. The third kappa shape index (κ3) is 4.33. The fraction of sp³-hybridized carbons (Fsp3) is 0.619. The standard InChI is InChI=1S/C21H31N3O4S/c1-15-9-8-12-18(16(15)2)24-19(25)13-23(29(4,27)28)14-21(24,3)20(26)22-17-10-6-5-7-11-17/h8-9,12,17H,5-7,10-11,13-14H2,1-4H3,(H,22,26)/t21-/m0/s1. The Labute approximate surface area is 173 Å². The fourth-order valence-corrected chi connectivity index (χ4v) is 5.17. The zero-order valence-corrected chi connectivity index (χ0v) is 18.5. The summed E-state index contributed by atoms with van der Waals surface area (Å²) in [6, 6.07) is 5.70. The lowest BCUT2D eigenvalue weighted by molar-refractivity contribution is -0.133. The van der Waals surface area contributed by atoms with Crippen molar-refractivity contribution in [1.82, 2.24) is 9.62 Å². The van der Waals surface area contributed by atoms with Crippen LogP contribution in [-0.2, 0) is 19.6 Å². The van der Waals surface area contributed by atoms with Gasteiger partial charge in [-0.15, -0.1) is 0 Å². The SMILES string of the molecule is Cc1cccc(N2C(=O)CN(S(C)(=O)=O)C[C@@]2(C)C(=O)NC2CCCCC2)c1C. The molecule has 0 unspecified atom stereocenters. The van der Waals surface area contributed by atoms with Gasteiger partial charge < -0.3 is 5.32 Å². The molecule has 1 aliphatic heterocycles. The highest BCUT2D eigenvalue weighted by Gasteiger charge is 2.51. The van der Waals surface area contributed by atoms with Crippen LogP contribution in [0.3, 0.4) is 0 Å². The Bertz CT molecular complexity index is 909. The molecule has 2 aliphatic rings. The van der Waals surface area contributed by atoms with Crippen molar-refractivity contribution in [2.24, 2.45) is 0 Å². The van der Waals surface area contributed by atoms with Crippen molar-refractivity contribution in [2.75, 3.05) is 24.2 Å². The van der Waals surface area contributed by atoms with Crippen molar-refractivity contribution in [3.63, 3.8) is 0 Å². The van der Waals surface area contributed by atoms with E-state index >= 15 is 0 Å². The van der Waals surface area contributed by atoms with Gasteiger partial charge in [0.2, 0.25) is 21.8 Å². The maximum Gasteiger partial charge on any atom is 0.247 e. The number of piperazine rings is 1. The Morgan fingerprint density at radius 2 is 1.83 bits per heavy atom. The van der Waals surface area contributed by atoms with Crippen molar-refractivity contribution in [2.45, 2.75) is 64.5 Å². The molecule has 0 spiro atoms. The molecule has 0 radical (unpaired) electrons. The van der Waals surface area contributed by atoms with E-state index in [9.17, 15) is 18.0 Å². The highest BCUT2D eigenvalue weighted by molar-refractivity contribution is 7.88. The Morgan fingerprint density at radius 3 is 2.45 bits per heavy atom. The van der Waals surface area contributed by atoms with Gasteiger partial charge in [-0.25, -0.2) is 8.42 Å². The Kier molecular flexibility index (Phi) is 6.06. The lowest BCUT2D eigenvalue weighted by atomic mass is 9.90. The maximum absolute atomic E-state index is 13.5. The maximum atomic E-state index is 13.5. The van der Waals surface area contributed by atoms with Crippen LogP contribution in [0.4, 0.5) is 5.69 Å². The molecule has 2 fully saturated rings. The number of nitrogens with zero attached hydrogens (tertiary/aromatic N) is 2. The molecule has 1 atom stereocenters. The minimum absolute atomic E-state index is 0.0660. The largest absolute Gasteiger partial charge is 0.351 e. The lowest BCUT2D eigenvalue weighted by Gasteiger charge is -2.47. The summed E-state index contributed by atoms with van der Waals surface area (Å²) in [7, 11) is -3.61. The first-order valence-electron chi connectivity index (χ1n) is 10.2. The van der Waals surface area contributed by atoms with Crippen LogP contribution in [0.1, 0.15) is 50.2 Å². The van der Waals surface area contributed by atoms with Gasteiger partial charge >= 0.3 is 0 Å². The topological polar surface area (TPSA) is 86.8 Å². The second-order valence-corrected chi connectivity index (χ2v) is 10.5. The van der Waals surface area contributed by atoms with Crippen LogP contribution in [0, 0.1) is 13.8 Å². The summed E-state index contributed by atoms with van der Waals surface area (Å²) in [6.07, 6.45) is 6.20. The Morgan fingerprint density at radius 1 is 1.17 bits per heavy atom. The number of anilines is 1. The number of aryl methyl sites for hydroxylation is 1. The molecule has 1 N–H and O–H groups in total. The Balaban J connectivity index is 2.02. The molecule has 29 heavy (non-hydrogen) atoms. The molecule has 1 saturated carbocycles. The van der Waals surface area contributed by atoms with Gasteiger partial charge in [0.25, 0.3) is 0 Å². The van der Waals surface area contributed by atoms with E-state index in [1.807, 2.05) is 32.0 Å². The number of hydrogen-bond acceptors (Lipinski definition) is 4. The lowest BCUT2D eigenvalue weighted by Crippen LogP contribution is -2.70. The first-order valence-corrected chi connectivity index (χ1v) is 12.0. The molecule has 1 saturated heterocycles. The minimum Gasteiger partial charge on any atom is -0.351 e. The van der Waals surface area contributed by atoms with Gasteiger partial charge in [0, 0.05) is 18.3 Å². The number of carbonyl (C=O) groups excluding carboxylic acids is 2. The molecule has 3 rings (SSSR count). The molecular formula is C21H31N3O4S. The van der Waals surface area contributed by atoms with Gasteiger partial charge in [-0.2, -0.15) is 4.31 Å². The Hall–Kier alpha value is -1.93. The van der Waals surface area contributed by atoms with Crippen LogP contribution in [0.5, 0.6) is 0 Å². The van der Waals surface area contributed by atoms with E-state index in [0.29, 0.717) is 5.69 Å². The summed E-state index contributed by atoms with van der Waals surface area (Å²) in [5, 5.41) is 3.10. The second-order valence-electron chi connectivity index (χ2n) is 8.56. The summed E-state index contributed by atoms with van der Waals surface area (Å²) in [5.74, 6) is -0.691. The number of amides is 2. The number of nitrogens with one attached hydrogen (secondary N) is 1. The number of sulfonamides is 1. The van der Waals surface area contributed by atoms with Gasteiger partial charge in [0.1, 0.15) is 5.54 Å². The molecule has 160 valence electrons. The highest BCUT2D eigenvalue weighted by Crippen LogP contribution is 2.34. The van der Waals surface area contributed by atoms with Crippen molar-refractivity contribution >= 4 is 27.5 Å². The van der Waals surface area contributed by atoms with E-state index in [-0.39, 0.29) is 25.0 Å². The van der Waals surface area contributed by atoms with Crippen LogP contribution in [0.25, 0.3) is 0 Å². The van der Waals surface area contributed by atoms with E-state index in [4.69, 9.17) is 0 Å². The zero-order chi connectivity index (χ0) is 21.4. The van der Waals surface area contributed by atoms with Gasteiger partial charge in [0.05, 0.1) is 12.8 Å². The quantitative estimate of drug-likeness (QED) is 0.807. The van der Waals surface area contributed by atoms with Crippen molar-refractivity contribution in [3.05, 3.63) is 29.3 Å². The smallest absolute Gasteiger partial charge is 0.247 e. The highest BCUT2D eigenvalue weighted by atomic mass is 32.2. The molecule has 1 aromatic carbocycles. The average molecular weight is 422 g/mol. The summed E-state index contributed by atoms with van der Waals surface area (Å²) in [5.41, 5.74) is 1.25. The second kappa shape index (κ2) is 8.07. The number of benzene rings is 1. The van der Waals surface area contributed by atoms with Crippen LogP contribution in [0.15, 0.2) is 18.2 Å². The molecule has 1 heterocycles. The third-order valence-electron chi connectivity index (χ3n) is 6.25. The van der Waals surface area contributed by atoms with Gasteiger partial charge in [0.15, 0.2) is 0 Å². The van der Waals surface area contributed by atoms with E-state index < -0.39 is 21.5 Å². The molecule has 0 aromatic heterocycles. The van der Waals surface area contributed by atoms with Crippen molar-refractivity contribution in [3.8, 4) is 0 Å². The summed E-state index contributed by atoms with van der Waals surface area (Å²) < 4.78 is 25.5. The first kappa shape index (κ1) is 21.8. The summed E-state index contributed by atoms with van der Waals surface area (Å²) >= 11 is 0. The molecule has 8 heteroatoms. The number of carbonyl (C=O) groups is 2. The van der Waals surface area contributed by atoms with E-state index in [1.54, 1.807) is 6.92 Å². The third-order valence-corrected chi connectivity index (χ3v) is 7.45. The number of hydrogen-bond donors (Lipinski definition) is 1. The molecular weight excluding hydrogens is 390 g/mol.